The van der Waals surface area contributed by atoms with E-state index in [4.69, 9.17) is 98.7 Å². The lowest BCUT2D eigenvalue weighted by Crippen LogP contribution is -2.41. The summed E-state index contributed by atoms with van der Waals surface area (Å²) in [5.41, 5.74) is 34.0. The minimum Gasteiger partial charge on any atom is -0.443 e. The molecule has 12 aromatic rings. The molecule has 5 aromatic carbocycles. The summed E-state index contributed by atoms with van der Waals surface area (Å²) in [6.07, 6.45) is 15.0. The lowest BCUT2D eigenvalue weighted by Gasteiger charge is -2.32. The van der Waals surface area contributed by atoms with Crippen molar-refractivity contribution in [2.45, 2.75) is 196 Å². The minimum atomic E-state index is -0.624. The number of carbonyl (C=O) groups is 4. The number of aromatic nitrogens is 10. The lowest BCUT2D eigenvalue weighted by atomic mass is 9.81. The fourth-order valence-electron chi connectivity index (χ4n) is 12.6. The van der Waals surface area contributed by atoms with Crippen LogP contribution >= 0.6 is 171 Å². The molecule has 34 heteroatoms. The summed E-state index contributed by atoms with van der Waals surface area (Å²) in [4.78, 5) is 74.9. The van der Waals surface area contributed by atoms with Gasteiger partial charge >= 0.3 is 31.4 Å². The lowest BCUT2D eigenvalue weighted by molar-refractivity contribution is 0.00578. The summed E-state index contributed by atoms with van der Waals surface area (Å²) in [6.45, 7) is 44.9. The molecule has 8 heterocycles. The Morgan fingerprint density at radius 3 is 1.11 bits per heavy atom. The zero-order chi connectivity index (χ0) is 99.7. The third kappa shape index (κ3) is 34.5. The van der Waals surface area contributed by atoms with E-state index < -0.39 is 47.3 Å². The number of amides is 1. The van der Waals surface area contributed by atoms with Crippen LogP contribution < -0.4 is 28.0 Å². The van der Waals surface area contributed by atoms with E-state index in [1.807, 2.05) is 247 Å². The van der Waals surface area contributed by atoms with Crippen molar-refractivity contribution in [3.63, 3.8) is 0 Å². The van der Waals surface area contributed by atoms with Crippen molar-refractivity contribution in [3.8, 4) is 67.5 Å². The molecule has 0 saturated carbocycles. The standard InChI is InChI=1S/C22H29BClNO4.C20H21ClN4O2.C17H16ClN5O.C16H17ClINO2.C16H14ClN3.C2H4I2.2C2H5I.C2H6/c1-14-9-10-16(24)12-17(14)18-11-15(13-25(18)19(26)27-20(2,3)4)23-28-21(5,6)22(7,8)29-23;1-12-5-6-14(21)8-15(12)17-7-13(16-9-18(22)24-11-23-16)10-25(17)19(26)27-20(2,3)4;1-10-3-4-12(18)6-13(10)15-5-11(8-23(15)17(24)20-2)14-7-16(19)22-9-21-14;1-10-5-6-11(17)7-13(10)14-8-12(18)9-19(14)15(20)21-16(2,3)4;1-10-2-5-13(17)7-14(10)11-3-4-12(6-11)15-8-16(18)20-9-19-15;1-2(3)4;2*1-2-3;1-2/h9-13H,1-8H3;5-11H,1-4H3,(H2,22,23,24);3-9H,1-2H3,(H,20,24)(H2,19,21,22);5-9H,1-4H3;2,4-9H,3H2,1H3,(H2,18,19,20);2H,1H3;2*2H2,1H3;1-2H3. The molecule has 0 unspecified atom stereocenters. The number of ether oxygens (including phenoxy) is 3. The normalized spacial score (nSPS) is 12.7. The Bertz CT molecular complexity index is 6050. The van der Waals surface area contributed by atoms with E-state index >= 15 is 0 Å². The number of carbonyl (C=O) groups excluding carboxylic acids is 4. The number of allylic oxidation sites excluding steroid dienone is 4. The average Bonchev–Trinajstić information content (AvgIpc) is 1.55. The highest BCUT2D eigenvalue weighted by molar-refractivity contribution is 14.2. The molecule has 0 atom stereocenters. The van der Waals surface area contributed by atoms with Crippen LogP contribution in [0.5, 0.6) is 0 Å². The van der Waals surface area contributed by atoms with Gasteiger partial charge in [0.15, 0.2) is 0 Å². The van der Waals surface area contributed by atoms with Crippen LogP contribution in [0.4, 0.5) is 36.6 Å². The number of benzene rings is 5. The maximum atomic E-state index is 13.0. The summed E-state index contributed by atoms with van der Waals surface area (Å²) in [5.74, 6) is 1.20. The van der Waals surface area contributed by atoms with Gasteiger partial charge in [0, 0.05) is 118 Å². The zero-order valence-corrected chi connectivity index (χ0v) is 93.9. The Balaban J connectivity index is 0.000000249. The van der Waals surface area contributed by atoms with Crippen LogP contribution in [0.1, 0.15) is 170 Å². The predicted molar refractivity (Wildman–Crippen MR) is 594 cm³/mol. The Morgan fingerprint density at radius 2 is 0.759 bits per heavy atom. The summed E-state index contributed by atoms with van der Waals surface area (Å²) in [7, 11) is 1.00. The first-order chi connectivity index (χ1) is 62.2. The molecule has 1 fully saturated rings. The van der Waals surface area contributed by atoms with Gasteiger partial charge < -0.3 is 46.0 Å². The Hall–Kier alpha value is -7.70. The monoisotopic (exact) mass is 2470 g/mol. The van der Waals surface area contributed by atoms with E-state index in [2.05, 4.69) is 188 Å². The highest BCUT2D eigenvalue weighted by atomic mass is 127. The number of nitrogens with zero attached hydrogens (tertiary/aromatic N) is 10. The fraction of sp³-hybridized carbons (Fsp3) is 0.333. The van der Waals surface area contributed by atoms with Gasteiger partial charge in [-0.15, -0.1) is 0 Å². The molecule has 1 aliphatic heterocycles. The topological polar surface area (TPSA) is 302 Å². The van der Waals surface area contributed by atoms with Gasteiger partial charge in [0.25, 0.3) is 0 Å². The van der Waals surface area contributed by atoms with Crippen LogP contribution in [0.2, 0.25) is 25.1 Å². The van der Waals surface area contributed by atoms with Crippen molar-refractivity contribution >= 4 is 236 Å². The van der Waals surface area contributed by atoms with Gasteiger partial charge in [-0.1, -0.05) is 212 Å². The molecule has 0 bridgehead atoms. The van der Waals surface area contributed by atoms with Crippen LogP contribution in [-0.2, 0) is 23.5 Å². The summed E-state index contributed by atoms with van der Waals surface area (Å²) in [5, 5.41) is 5.82. The quantitative estimate of drug-likeness (QED) is 0.0452. The number of alkyl halides is 4. The third-order valence-corrected chi connectivity index (χ3v) is 21.0. The second kappa shape index (κ2) is 51.6. The number of nitrogens with one attached hydrogen (secondary N) is 1. The summed E-state index contributed by atoms with van der Waals surface area (Å²) >= 11 is 42.1. The van der Waals surface area contributed by atoms with Crippen LogP contribution in [0.25, 0.3) is 78.7 Å². The maximum absolute atomic E-state index is 13.0. The van der Waals surface area contributed by atoms with Crippen molar-refractivity contribution in [3.05, 3.63) is 257 Å². The molecule has 0 spiro atoms. The second-order valence-corrected chi connectivity index (χ2v) is 46.5. The Morgan fingerprint density at radius 1 is 0.466 bits per heavy atom. The molecule has 2 aliphatic rings. The van der Waals surface area contributed by atoms with E-state index in [0.717, 1.165) is 101 Å². The first kappa shape index (κ1) is 114. The third-order valence-electron chi connectivity index (χ3n) is 19.3. The second-order valence-electron chi connectivity index (χ2n) is 33.9. The number of anilines is 3. The van der Waals surface area contributed by atoms with Crippen molar-refractivity contribution < 1.29 is 42.7 Å². The molecule has 0 radical (unpaired) electrons. The highest BCUT2D eigenvalue weighted by Crippen LogP contribution is 2.41. The van der Waals surface area contributed by atoms with Crippen LogP contribution in [0, 0.1) is 38.2 Å². The Labute approximate surface area is 876 Å². The van der Waals surface area contributed by atoms with Crippen LogP contribution in [0.3, 0.4) is 0 Å². The number of nitrogens with two attached hydrogens (primary N) is 3. The molecule has 1 aliphatic carbocycles. The van der Waals surface area contributed by atoms with E-state index in [1.54, 1.807) is 50.0 Å². The molecule has 7 N–H and O–H groups in total. The minimum absolute atomic E-state index is 0.252. The van der Waals surface area contributed by atoms with Gasteiger partial charge in [-0.05, 0) is 305 Å². The van der Waals surface area contributed by atoms with Crippen molar-refractivity contribution in [1.29, 1.82) is 0 Å². The van der Waals surface area contributed by atoms with Gasteiger partial charge in [-0.2, -0.15) is 0 Å². The maximum Gasteiger partial charge on any atom is 0.496 e. The number of halogens is 10. The first-order valence-electron chi connectivity index (χ1n) is 42.4. The molecule has 23 nitrogen and oxygen atoms in total. The predicted octanol–water partition coefficient (Wildman–Crippen LogP) is 29.0. The molecule has 1 amide bonds. The molecule has 710 valence electrons. The van der Waals surface area contributed by atoms with E-state index in [1.165, 1.54) is 62.8 Å². The fourth-order valence-corrected chi connectivity index (χ4v) is 14.1. The largest absolute Gasteiger partial charge is 0.496 e. The van der Waals surface area contributed by atoms with Crippen LogP contribution in [0.15, 0.2) is 189 Å². The van der Waals surface area contributed by atoms with Crippen molar-refractivity contribution in [2.75, 3.05) is 33.1 Å². The Kier molecular flexibility index (Phi) is 44.3. The van der Waals surface area contributed by atoms with Gasteiger partial charge in [0.2, 0.25) is 0 Å². The highest BCUT2D eigenvalue weighted by Gasteiger charge is 2.52. The molecule has 133 heavy (non-hydrogen) atoms. The number of hydrogen-bond acceptors (Lipinski definition) is 18. The molecular weight excluding hydrogens is 2350 g/mol. The summed E-state index contributed by atoms with van der Waals surface area (Å²) < 4.78 is 39.2. The number of aryl methyl sites for hydroxylation is 5. The number of rotatable bonds is 9. The van der Waals surface area contributed by atoms with Crippen LogP contribution in [-0.4, -0.2) is 125 Å². The molecular formula is C99H117BCl5I5N14O9. The van der Waals surface area contributed by atoms with Gasteiger partial charge in [-0.25, -0.2) is 49.1 Å². The number of nitrogen functional groups attached to an aromatic ring is 3. The van der Waals surface area contributed by atoms with Gasteiger partial charge in [-0.3, -0.25) is 18.3 Å². The zero-order valence-electron chi connectivity index (χ0n) is 79.3. The number of hydrogen-bond donors (Lipinski definition) is 4. The van der Waals surface area contributed by atoms with Gasteiger partial charge in [0.1, 0.15) is 53.2 Å². The van der Waals surface area contributed by atoms with Gasteiger partial charge in [0.05, 0.1) is 53.0 Å². The van der Waals surface area contributed by atoms with E-state index in [0.29, 0.717) is 60.3 Å². The van der Waals surface area contributed by atoms with Crippen molar-refractivity contribution in [1.82, 2.24) is 53.5 Å². The SMILES string of the molecule is CC.CC(I)I.CCI.CCI.CNC(=O)n1cc(-c2cc(N)ncn2)cc1-c1cc(Cl)ccc1C.Cc1ccc(Cl)cc1-c1cc(-c2cc(N)ncn2)cn1C(=O)OC(C)(C)C.Cc1ccc(Cl)cc1-c1cc(B2OC(C)(C)C(C)(C)O2)cn1C(=O)OC(C)(C)C.Cc1ccc(Cl)cc1-c1cc(I)cn1C(=O)OC(C)(C)C.Cc1ccc(Cl)cc1C1=CC(c2cc(N)ncn2)=CC1. The first-order valence-corrected chi connectivity index (χ1v) is 50.9. The van der Waals surface area contributed by atoms with E-state index in [-0.39, 0.29) is 12.1 Å². The smallest absolute Gasteiger partial charge is 0.443 e. The summed E-state index contributed by atoms with van der Waals surface area (Å²) in [6, 6.07) is 40.8. The molecule has 1 saturated heterocycles. The van der Waals surface area contributed by atoms with Crippen molar-refractivity contribution in [2.24, 2.45) is 0 Å². The molecule has 7 aromatic heterocycles. The van der Waals surface area contributed by atoms with E-state index in [9.17, 15) is 19.2 Å². The average molecular weight is 2470 g/mol. The molecule has 14 rings (SSSR count).